The SMILES string of the molecule is Nc1ncccc1-c1nc2ccc(-n3cccn3)nc2n1-c1ccc2c(c1)CC[C@@H]2NC1CCN(C(=O)c2cccnc2)CC1. The van der Waals surface area contributed by atoms with Crippen LogP contribution >= 0.6 is 0 Å². The molecule has 1 aliphatic carbocycles. The lowest BCUT2D eigenvalue weighted by atomic mass is 10.0. The Morgan fingerprint density at radius 1 is 0.933 bits per heavy atom. The topological polar surface area (TPSA) is 133 Å². The van der Waals surface area contributed by atoms with Crippen molar-refractivity contribution in [1.82, 2.24) is 44.5 Å². The van der Waals surface area contributed by atoms with E-state index < -0.39 is 0 Å². The molecular formula is C34H32N10O. The number of pyridine rings is 3. The molecule has 11 nitrogen and oxygen atoms in total. The van der Waals surface area contributed by atoms with Crippen LogP contribution in [0.3, 0.4) is 0 Å². The molecule has 3 N–H and O–H groups in total. The van der Waals surface area contributed by atoms with E-state index in [1.54, 1.807) is 29.5 Å². The molecule has 1 aromatic carbocycles. The minimum atomic E-state index is 0.0611. The number of rotatable bonds is 6. The van der Waals surface area contributed by atoms with Crippen LogP contribution in [0.25, 0.3) is 34.1 Å². The summed E-state index contributed by atoms with van der Waals surface area (Å²) in [6, 6.07) is 20.5. The molecule has 5 aromatic heterocycles. The number of benzene rings is 1. The number of hydrogen-bond acceptors (Lipinski definition) is 8. The molecule has 1 aliphatic heterocycles. The van der Waals surface area contributed by atoms with Gasteiger partial charge in [-0.3, -0.25) is 14.3 Å². The van der Waals surface area contributed by atoms with E-state index in [2.05, 4.69) is 43.1 Å². The van der Waals surface area contributed by atoms with Crippen LogP contribution in [0, 0.1) is 0 Å². The Kier molecular flexibility index (Phi) is 6.79. The molecule has 0 spiro atoms. The highest BCUT2D eigenvalue weighted by Crippen LogP contribution is 2.36. The predicted octanol–water partition coefficient (Wildman–Crippen LogP) is 4.53. The normalized spacial score (nSPS) is 16.7. The van der Waals surface area contributed by atoms with E-state index in [0.717, 1.165) is 61.2 Å². The van der Waals surface area contributed by atoms with Crippen LogP contribution in [0.2, 0.25) is 0 Å². The van der Waals surface area contributed by atoms with Gasteiger partial charge in [-0.2, -0.15) is 5.10 Å². The van der Waals surface area contributed by atoms with Crippen LogP contribution in [-0.2, 0) is 6.42 Å². The summed E-state index contributed by atoms with van der Waals surface area (Å²) in [7, 11) is 0. The number of carbonyl (C=O) groups is 1. The number of nitrogens with two attached hydrogens (primary N) is 1. The van der Waals surface area contributed by atoms with Gasteiger partial charge in [-0.15, -0.1) is 0 Å². The fraction of sp³-hybridized carbons (Fsp3) is 0.235. The number of likely N-dealkylation sites (tertiary alicyclic amines) is 1. The number of nitrogens with zero attached hydrogens (tertiary/aromatic N) is 8. The first kappa shape index (κ1) is 27.2. The molecule has 0 saturated carbocycles. The number of nitrogens with one attached hydrogen (secondary N) is 1. The van der Waals surface area contributed by atoms with Crippen LogP contribution in [0.5, 0.6) is 0 Å². The molecular weight excluding hydrogens is 564 g/mol. The Morgan fingerprint density at radius 2 is 1.82 bits per heavy atom. The fourth-order valence-corrected chi connectivity index (χ4v) is 6.63. The van der Waals surface area contributed by atoms with Crippen LogP contribution in [0.1, 0.15) is 46.8 Å². The second-order valence-electron chi connectivity index (χ2n) is 11.6. The number of amides is 1. The molecule has 6 aromatic rings. The second-order valence-corrected chi connectivity index (χ2v) is 11.6. The second kappa shape index (κ2) is 11.3. The molecule has 1 amide bonds. The van der Waals surface area contributed by atoms with E-state index in [0.29, 0.717) is 29.1 Å². The number of fused-ring (bicyclic) bond motifs is 2. The van der Waals surface area contributed by atoms with Gasteiger partial charge in [-0.25, -0.2) is 19.6 Å². The summed E-state index contributed by atoms with van der Waals surface area (Å²) >= 11 is 0. The summed E-state index contributed by atoms with van der Waals surface area (Å²) in [5.74, 6) is 1.88. The van der Waals surface area contributed by atoms with Gasteiger partial charge in [0, 0.05) is 61.8 Å². The number of carbonyl (C=O) groups excluding carboxylic acids is 1. The third kappa shape index (κ3) is 5.00. The molecule has 0 unspecified atom stereocenters. The smallest absolute Gasteiger partial charge is 0.255 e. The van der Waals surface area contributed by atoms with E-state index >= 15 is 0 Å². The molecule has 224 valence electrons. The van der Waals surface area contributed by atoms with Crippen LogP contribution in [0.4, 0.5) is 5.82 Å². The van der Waals surface area contributed by atoms with Gasteiger partial charge >= 0.3 is 0 Å². The van der Waals surface area contributed by atoms with E-state index in [1.165, 1.54) is 11.1 Å². The minimum absolute atomic E-state index is 0.0611. The summed E-state index contributed by atoms with van der Waals surface area (Å²) in [6.45, 7) is 1.48. The van der Waals surface area contributed by atoms with Gasteiger partial charge in [0.1, 0.15) is 11.3 Å². The predicted molar refractivity (Wildman–Crippen MR) is 171 cm³/mol. The molecule has 1 saturated heterocycles. The maximum atomic E-state index is 12.9. The van der Waals surface area contributed by atoms with Gasteiger partial charge in [-0.05, 0) is 91.4 Å². The largest absolute Gasteiger partial charge is 0.383 e. The van der Waals surface area contributed by atoms with Crippen molar-refractivity contribution in [3.63, 3.8) is 0 Å². The first-order valence-corrected chi connectivity index (χ1v) is 15.3. The van der Waals surface area contributed by atoms with Crippen molar-refractivity contribution in [1.29, 1.82) is 0 Å². The number of hydrogen-bond donors (Lipinski definition) is 2. The third-order valence-electron chi connectivity index (χ3n) is 8.90. The molecule has 6 heterocycles. The van der Waals surface area contributed by atoms with Gasteiger partial charge in [0.05, 0.1) is 11.1 Å². The maximum Gasteiger partial charge on any atom is 0.255 e. The average molecular weight is 597 g/mol. The summed E-state index contributed by atoms with van der Waals surface area (Å²) in [6.07, 6.45) is 12.5. The van der Waals surface area contributed by atoms with Crippen molar-refractivity contribution in [3.8, 4) is 22.9 Å². The lowest BCUT2D eigenvalue weighted by molar-refractivity contribution is 0.0701. The highest BCUT2D eigenvalue weighted by atomic mass is 16.2. The van der Waals surface area contributed by atoms with E-state index in [9.17, 15) is 4.79 Å². The Bertz CT molecular complexity index is 2000. The van der Waals surface area contributed by atoms with Gasteiger partial charge in [0.25, 0.3) is 5.91 Å². The quantitative estimate of drug-likeness (QED) is 0.287. The molecule has 2 aliphatic rings. The first-order chi connectivity index (χ1) is 22.1. The summed E-state index contributed by atoms with van der Waals surface area (Å²) in [5, 5.41) is 8.28. The lowest BCUT2D eigenvalue weighted by Gasteiger charge is -2.34. The summed E-state index contributed by atoms with van der Waals surface area (Å²) < 4.78 is 3.82. The summed E-state index contributed by atoms with van der Waals surface area (Å²) in [4.78, 5) is 33.2. The highest BCUT2D eigenvalue weighted by Gasteiger charge is 2.29. The average Bonchev–Trinajstić information content (AvgIpc) is 3.84. The molecule has 1 atom stereocenters. The van der Waals surface area contributed by atoms with Crippen LogP contribution in [-0.4, -0.2) is 64.2 Å². The Labute approximate surface area is 259 Å². The zero-order valence-electron chi connectivity index (χ0n) is 24.6. The van der Waals surface area contributed by atoms with Gasteiger partial charge in [0.15, 0.2) is 17.3 Å². The van der Waals surface area contributed by atoms with Crippen molar-refractivity contribution >= 4 is 22.9 Å². The van der Waals surface area contributed by atoms with E-state index in [1.807, 2.05) is 53.6 Å². The number of aryl methyl sites for hydroxylation is 1. The van der Waals surface area contributed by atoms with Crippen molar-refractivity contribution in [2.45, 2.75) is 37.8 Å². The Hall–Kier alpha value is -5.42. The maximum absolute atomic E-state index is 12.9. The Balaban J connectivity index is 1.07. The Morgan fingerprint density at radius 3 is 2.62 bits per heavy atom. The monoisotopic (exact) mass is 596 g/mol. The van der Waals surface area contributed by atoms with Crippen molar-refractivity contribution in [3.05, 3.63) is 108 Å². The highest BCUT2D eigenvalue weighted by molar-refractivity contribution is 5.94. The van der Waals surface area contributed by atoms with Gasteiger partial charge in [-0.1, -0.05) is 6.07 Å². The number of nitrogen functional groups attached to an aromatic ring is 1. The van der Waals surface area contributed by atoms with E-state index in [-0.39, 0.29) is 11.9 Å². The summed E-state index contributed by atoms with van der Waals surface area (Å²) in [5.41, 5.74) is 12.8. The number of piperidine rings is 1. The van der Waals surface area contributed by atoms with Crippen molar-refractivity contribution < 1.29 is 4.79 Å². The van der Waals surface area contributed by atoms with Crippen molar-refractivity contribution in [2.24, 2.45) is 0 Å². The van der Waals surface area contributed by atoms with Gasteiger partial charge in [0.2, 0.25) is 0 Å². The lowest BCUT2D eigenvalue weighted by Crippen LogP contribution is -2.45. The number of aromatic nitrogens is 7. The number of imidazole rings is 1. The first-order valence-electron chi connectivity index (χ1n) is 15.3. The molecule has 8 rings (SSSR count). The van der Waals surface area contributed by atoms with Crippen LogP contribution < -0.4 is 11.1 Å². The van der Waals surface area contributed by atoms with Crippen molar-refractivity contribution in [2.75, 3.05) is 18.8 Å². The molecule has 1 fully saturated rings. The molecule has 0 bridgehead atoms. The van der Waals surface area contributed by atoms with Crippen LogP contribution in [0.15, 0.2) is 91.6 Å². The standard InChI is InChI=1S/C34H32N10O/c35-31-27(5-2-15-37-31)32-40-29-10-11-30(43-17-3-16-38-43)41-33(29)44(32)25-7-8-26-22(20-25)6-9-28(26)39-24-12-18-42(19-13-24)34(45)23-4-1-14-36-21-23/h1-5,7-8,10-11,14-17,20-21,24,28,39H,6,9,12-13,18-19H2,(H2,35,37)/t28-/m0/s1. The third-order valence-corrected chi connectivity index (χ3v) is 8.90. The molecule has 45 heavy (non-hydrogen) atoms. The van der Waals surface area contributed by atoms with Gasteiger partial charge < -0.3 is 16.0 Å². The fourth-order valence-electron chi connectivity index (χ4n) is 6.63. The molecule has 11 heteroatoms. The molecule has 0 radical (unpaired) electrons. The number of anilines is 1. The minimum Gasteiger partial charge on any atom is -0.383 e. The zero-order valence-corrected chi connectivity index (χ0v) is 24.6. The van der Waals surface area contributed by atoms with E-state index in [4.69, 9.17) is 15.7 Å². The zero-order chi connectivity index (χ0) is 30.3.